The van der Waals surface area contributed by atoms with Gasteiger partial charge in [-0.3, -0.25) is 4.79 Å². The second-order valence-corrected chi connectivity index (χ2v) is 8.54. The first-order valence-corrected chi connectivity index (χ1v) is 10.8. The summed E-state index contributed by atoms with van der Waals surface area (Å²) in [7, 11) is -3.71. The van der Waals surface area contributed by atoms with E-state index in [1.54, 1.807) is 6.20 Å². The molecular formula is C18H16ClF2N3O6S. The Morgan fingerprint density at radius 1 is 1.32 bits per heavy atom. The van der Waals surface area contributed by atoms with Crippen molar-refractivity contribution in [2.75, 3.05) is 17.6 Å². The summed E-state index contributed by atoms with van der Waals surface area (Å²) in [6.07, 6.45) is 3.17. The lowest BCUT2D eigenvalue weighted by Gasteiger charge is -2.28. The fourth-order valence-corrected chi connectivity index (χ4v) is 3.88. The number of nitrogens with zero attached hydrogens (tertiary/aromatic N) is 2. The zero-order valence-corrected chi connectivity index (χ0v) is 17.5. The smallest absolute Gasteiger partial charge is 0.387 e. The Kier molecular flexibility index (Phi) is 6.60. The zero-order valence-electron chi connectivity index (χ0n) is 15.9. The molecule has 0 radical (unpaired) electrons. The molecule has 0 fully saturated rings. The van der Waals surface area contributed by atoms with Crippen molar-refractivity contribution in [3.8, 4) is 5.75 Å². The number of sulfonamides is 1. The minimum absolute atomic E-state index is 0.0761. The highest BCUT2D eigenvalue weighted by Gasteiger charge is 2.32. The number of benzene rings is 1. The van der Waals surface area contributed by atoms with Gasteiger partial charge >= 0.3 is 12.6 Å². The van der Waals surface area contributed by atoms with Crippen molar-refractivity contribution in [2.24, 2.45) is 4.40 Å². The van der Waals surface area contributed by atoms with Gasteiger partial charge in [0.15, 0.2) is 11.9 Å². The van der Waals surface area contributed by atoms with Crippen LogP contribution in [-0.4, -0.2) is 56.0 Å². The van der Waals surface area contributed by atoms with Crippen LogP contribution in [0.4, 0.5) is 14.5 Å². The summed E-state index contributed by atoms with van der Waals surface area (Å²) in [4.78, 5) is 26.3. The molecule has 13 heteroatoms. The number of rotatable bonds is 6. The summed E-state index contributed by atoms with van der Waals surface area (Å²) in [5.41, 5.74) is 0.0511. The summed E-state index contributed by atoms with van der Waals surface area (Å²) in [5.74, 6) is -2.20. The standard InChI is InChI=1S/C18H16ClF2N3O6S/c1-10(16(25)22-11-4-5-14(13(19)9-11)30-18(20)21)29-17(26)12-3-2-6-24-7-8-31(27,28)23-15(12)24/h2-6,9-10,18H,7-8H2,1H3,(H,22,25). The first kappa shape index (κ1) is 22.7. The molecule has 1 aromatic carbocycles. The van der Waals surface area contributed by atoms with E-state index in [-0.39, 0.29) is 40.2 Å². The van der Waals surface area contributed by atoms with E-state index in [2.05, 4.69) is 14.5 Å². The van der Waals surface area contributed by atoms with E-state index in [1.807, 2.05) is 0 Å². The van der Waals surface area contributed by atoms with Gasteiger partial charge in [0, 0.05) is 18.4 Å². The van der Waals surface area contributed by atoms with Crippen molar-refractivity contribution in [3.05, 3.63) is 47.1 Å². The number of carbonyl (C=O) groups is 2. The molecule has 3 rings (SSSR count). The van der Waals surface area contributed by atoms with E-state index in [0.29, 0.717) is 0 Å². The molecule has 166 valence electrons. The van der Waals surface area contributed by atoms with E-state index < -0.39 is 34.6 Å². The summed E-state index contributed by atoms with van der Waals surface area (Å²) in [5, 5.41) is 2.27. The number of allylic oxidation sites excluding steroid dienone is 2. The maximum Gasteiger partial charge on any atom is 0.387 e. The molecule has 2 aliphatic rings. The van der Waals surface area contributed by atoms with Crippen LogP contribution in [0.2, 0.25) is 5.02 Å². The molecule has 1 aromatic rings. The Morgan fingerprint density at radius 2 is 2.06 bits per heavy atom. The topological polar surface area (TPSA) is 114 Å². The number of nitrogens with one attached hydrogen (secondary N) is 1. The highest BCUT2D eigenvalue weighted by Crippen LogP contribution is 2.29. The van der Waals surface area contributed by atoms with Crippen molar-refractivity contribution >= 4 is 45.0 Å². The molecule has 2 heterocycles. The number of esters is 1. The maximum absolute atomic E-state index is 12.5. The molecule has 0 bridgehead atoms. The molecule has 1 amide bonds. The van der Waals surface area contributed by atoms with Crippen molar-refractivity contribution in [2.45, 2.75) is 19.6 Å². The van der Waals surface area contributed by atoms with Gasteiger partial charge in [-0.15, -0.1) is 4.40 Å². The number of carbonyl (C=O) groups excluding carboxylic acids is 2. The van der Waals surface area contributed by atoms with Crippen LogP contribution in [0.25, 0.3) is 0 Å². The van der Waals surface area contributed by atoms with Crippen LogP contribution >= 0.6 is 11.6 Å². The molecule has 1 N–H and O–H groups in total. The second-order valence-electron chi connectivity index (χ2n) is 6.38. The number of hydrogen-bond acceptors (Lipinski definition) is 7. The number of hydrogen-bond donors (Lipinski definition) is 1. The lowest BCUT2D eigenvalue weighted by atomic mass is 10.1. The number of anilines is 1. The van der Waals surface area contributed by atoms with Crippen LogP contribution in [0.5, 0.6) is 5.75 Å². The van der Waals surface area contributed by atoms with E-state index in [1.165, 1.54) is 36.1 Å². The summed E-state index contributed by atoms with van der Waals surface area (Å²) < 4.78 is 61.1. The Hall–Kier alpha value is -2.99. The first-order valence-electron chi connectivity index (χ1n) is 8.80. The minimum atomic E-state index is -3.71. The number of fused-ring (bicyclic) bond motifs is 1. The van der Waals surface area contributed by atoms with Crippen LogP contribution in [0, 0.1) is 0 Å². The molecule has 1 atom stereocenters. The quantitative estimate of drug-likeness (QED) is 0.628. The van der Waals surface area contributed by atoms with Gasteiger partial charge in [0.2, 0.25) is 0 Å². The van der Waals surface area contributed by atoms with Crippen LogP contribution < -0.4 is 10.1 Å². The summed E-state index contributed by atoms with van der Waals surface area (Å²) in [6, 6.07) is 3.62. The highest BCUT2D eigenvalue weighted by atomic mass is 35.5. The van der Waals surface area contributed by atoms with Gasteiger partial charge in [-0.1, -0.05) is 11.6 Å². The molecule has 0 saturated carbocycles. The largest absolute Gasteiger partial charge is 0.449 e. The van der Waals surface area contributed by atoms with Gasteiger partial charge in [-0.2, -0.15) is 8.78 Å². The van der Waals surface area contributed by atoms with Crippen molar-refractivity contribution in [1.82, 2.24) is 4.90 Å². The van der Waals surface area contributed by atoms with E-state index in [9.17, 15) is 26.8 Å². The average Bonchev–Trinajstić information content (AvgIpc) is 2.68. The van der Waals surface area contributed by atoms with Crippen LogP contribution in [0.3, 0.4) is 0 Å². The minimum Gasteiger partial charge on any atom is -0.449 e. The predicted octanol–water partition coefficient (Wildman–Crippen LogP) is 2.31. The van der Waals surface area contributed by atoms with Crippen molar-refractivity contribution in [1.29, 1.82) is 0 Å². The number of amides is 1. The van der Waals surface area contributed by atoms with E-state index >= 15 is 0 Å². The monoisotopic (exact) mass is 475 g/mol. The molecular weight excluding hydrogens is 460 g/mol. The van der Waals surface area contributed by atoms with Crippen molar-refractivity contribution < 1.29 is 36.3 Å². The Morgan fingerprint density at radius 3 is 2.74 bits per heavy atom. The van der Waals surface area contributed by atoms with Crippen LogP contribution in [0.15, 0.2) is 46.5 Å². The fourth-order valence-electron chi connectivity index (χ4n) is 2.67. The van der Waals surface area contributed by atoms with E-state index in [4.69, 9.17) is 16.3 Å². The van der Waals surface area contributed by atoms with Gasteiger partial charge in [0.1, 0.15) is 11.3 Å². The lowest BCUT2D eigenvalue weighted by Crippen LogP contribution is -2.41. The Labute approximate surface area is 181 Å². The van der Waals surface area contributed by atoms with Gasteiger partial charge in [0.05, 0.1) is 10.8 Å². The molecule has 0 spiro atoms. The van der Waals surface area contributed by atoms with Crippen molar-refractivity contribution in [3.63, 3.8) is 0 Å². The second kappa shape index (κ2) is 9.02. The molecule has 0 saturated heterocycles. The normalized spacial score (nSPS) is 17.9. The third-order valence-corrected chi connectivity index (χ3v) is 5.59. The maximum atomic E-state index is 12.5. The Bertz CT molecular complexity index is 1100. The average molecular weight is 476 g/mol. The fraction of sp³-hybridized carbons (Fsp3) is 0.278. The van der Waals surface area contributed by atoms with Crippen LogP contribution in [0.1, 0.15) is 6.92 Å². The predicted molar refractivity (Wildman–Crippen MR) is 107 cm³/mol. The van der Waals surface area contributed by atoms with Gasteiger partial charge in [-0.05, 0) is 37.3 Å². The number of alkyl halides is 2. The number of amidine groups is 1. The zero-order chi connectivity index (χ0) is 22.8. The van der Waals surface area contributed by atoms with Gasteiger partial charge in [-0.25, -0.2) is 13.2 Å². The lowest BCUT2D eigenvalue weighted by molar-refractivity contribution is -0.148. The van der Waals surface area contributed by atoms with Gasteiger partial charge < -0.3 is 19.7 Å². The van der Waals surface area contributed by atoms with Crippen LogP contribution in [-0.2, 0) is 24.3 Å². The molecule has 0 aromatic heterocycles. The molecule has 9 nitrogen and oxygen atoms in total. The third-order valence-electron chi connectivity index (χ3n) is 4.15. The summed E-state index contributed by atoms with van der Waals surface area (Å²) >= 11 is 5.83. The first-order chi connectivity index (χ1) is 14.6. The molecule has 2 aliphatic heterocycles. The van der Waals surface area contributed by atoms with Gasteiger partial charge in [0.25, 0.3) is 15.9 Å². The number of ether oxygens (including phenoxy) is 2. The SMILES string of the molecule is CC(OC(=O)C1=CC=CN2CCS(=O)(=O)N=C12)C(=O)Nc1ccc(OC(F)F)c(Cl)c1. The highest BCUT2D eigenvalue weighted by molar-refractivity contribution is 7.90. The summed E-state index contributed by atoms with van der Waals surface area (Å²) in [6.45, 7) is -1.62. The molecule has 1 unspecified atom stereocenters. The number of halogens is 3. The molecule has 31 heavy (non-hydrogen) atoms. The molecule has 0 aliphatic carbocycles. The third kappa shape index (κ3) is 5.58. The van der Waals surface area contributed by atoms with E-state index in [0.717, 1.165) is 6.07 Å². The Balaban J connectivity index is 1.66.